The summed E-state index contributed by atoms with van der Waals surface area (Å²) in [6.07, 6.45) is 2.46. The summed E-state index contributed by atoms with van der Waals surface area (Å²) in [7, 11) is 0. The van der Waals surface area contributed by atoms with Gasteiger partial charge in [0.2, 0.25) is 17.6 Å². The van der Waals surface area contributed by atoms with Gasteiger partial charge in [-0.3, -0.25) is 4.79 Å². The highest BCUT2D eigenvalue weighted by molar-refractivity contribution is 5.93. The van der Waals surface area contributed by atoms with E-state index in [1.165, 1.54) is 0 Å². The molecule has 2 aromatic rings. The minimum atomic E-state index is -0.840. The number of nitriles is 2. The second kappa shape index (κ2) is 9.54. The lowest BCUT2D eigenvalue weighted by Gasteiger charge is -2.00. The van der Waals surface area contributed by atoms with Gasteiger partial charge < -0.3 is 14.5 Å². The number of hydrogen-bond acceptors (Lipinski definition) is 7. The number of carbonyl (C=O) groups is 2. The molecule has 0 fully saturated rings. The van der Waals surface area contributed by atoms with Gasteiger partial charge >= 0.3 is 5.97 Å². The molecule has 0 atom stereocenters. The Morgan fingerprint density at radius 1 is 1.30 bits per heavy atom. The Bertz CT molecular complexity index is 917. The van der Waals surface area contributed by atoms with Crippen LogP contribution in [0.1, 0.15) is 34.9 Å². The lowest BCUT2D eigenvalue weighted by molar-refractivity contribution is -0.121. The lowest BCUT2D eigenvalue weighted by Crippen LogP contribution is -2.22. The molecule has 1 heterocycles. The Labute approximate surface area is 155 Å². The molecule has 0 aliphatic heterocycles. The third kappa shape index (κ3) is 5.28. The molecule has 0 aliphatic rings. The van der Waals surface area contributed by atoms with E-state index < -0.39 is 12.6 Å². The highest BCUT2D eigenvalue weighted by atomic mass is 16.5. The maximum atomic E-state index is 12.2. The molecule has 1 aromatic carbocycles. The van der Waals surface area contributed by atoms with Gasteiger partial charge in [-0.2, -0.15) is 10.5 Å². The molecule has 0 aliphatic carbocycles. The second-order valence-corrected chi connectivity index (χ2v) is 5.31. The number of rotatable bonds is 8. The first-order valence-electron chi connectivity index (χ1n) is 8.01. The fourth-order valence-electron chi connectivity index (χ4n) is 2.14. The fourth-order valence-corrected chi connectivity index (χ4v) is 2.14. The van der Waals surface area contributed by atoms with Crippen LogP contribution in [0, 0.1) is 22.7 Å². The number of benzene rings is 1. The summed E-state index contributed by atoms with van der Waals surface area (Å²) in [6.45, 7) is 3.11. The van der Waals surface area contributed by atoms with E-state index in [1.54, 1.807) is 36.4 Å². The Kier molecular flexibility index (Phi) is 6.86. The van der Waals surface area contributed by atoms with Crippen LogP contribution < -0.4 is 5.32 Å². The third-order valence-electron chi connectivity index (χ3n) is 3.42. The van der Waals surface area contributed by atoms with Gasteiger partial charge in [-0.1, -0.05) is 18.2 Å². The quantitative estimate of drug-likeness (QED) is 0.562. The van der Waals surface area contributed by atoms with Crippen LogP contribution in [0.4, 0.5) is 0 Å². The summed E-state index contributed by atoms with van der Waals surface area (Å²) >= 11 is 0. The summed E-state index contributed by atoms with van der Waals surface area (Å²) in [5.41, 5.74) is 1.19. The van der Waals surface area contributed by atoms with Crippen molar-refractivity contribution in [2.45, 2.75) is 19.4 Å². The summed E-state index contributed by atoms with van der Waals surface area (Å²) in [6, 6.07) is 10.1. The molecule has 8 heteroatoms. The molecule has 1 amide bonds. The van der Waals surface area contributed by atoms with Gasteiger partial charge in [0.25, 0.3) is 0 Å². The number of aromatic nitrogens is 1. The van der Waals surface area contributed by atoms with E-state index >= 15 is 0 Å². The Morgan fingerprint density at radius 2 is 2.04 bits per heavy atom. The standard InChI is InChI=1S/C19H16N4O4/c1-2-3-4-15(24)22-12-16-23-17(14-7-5-13(11-21)6-8-14)18(27-16)19(25)26-10-9-20/h2,5-8H,1,3-4,10,12H2,(H,22,24). The molecule has 1 aromatic heterocycles. The SMILES string of the molecule is C=CCCC(=O)NCc1nc(-c2ccc(C#N)cc2)c(C(=O)OCC#N)o1. The van der Waals surface area contributed by atoms with Crippen molar-refractivity contribution in [2.24, 2.45) is 0 Å². The molecule has 2 rings (SSSR count). The van der Waals surface area contributed by atoms with Gasteiger partial charge in [-0.05, 0) is 18.6 Å². The molecule has 0 radical (unpaired) electrons. The molecule has 0 saturated carbocycles. The molecular weight excluding hydrogens is 348 g/mol. The van der Waals surface area contributed by atoms with Crippen LogP contribution in [0.2, 0.25) is 0 Å². The molecule has 1 N–H and O–H groups in total. The van der Waals surface area contributed by atoms with Crippen molar-refractivity contribution in [3.05, 3.63) is 54.1 Å². The van der Waals surface area contributed by atoms with Gasteiger partial charge in [-0.25, -0.2) is 9.78 Å². The molecule has 0 saturated heterocycles. The van der Waals surface area contributed by atoms with Gasteiger partial charge in [0.1, 0.15) is 11.8 Å². The zero-order valence-electron chi connectivity index (χ0n) is 14.4. The minimum Gasteiger partial charge on any atom is -0.444 e. The van der Waals surface area contributed by atoms with Crippen molar-refractivity contribution >= 4 is 11.9 Å². The molecule has 27 heavy (non-hydrogen) atoms. The van der Waals surface area contributed by atoms with Crippen LogP contribution in [0.5, 0.6) is 0 Å². The Morgan fingerprint density at radius 3 is 2.67 bits per heavy atom. The molecule has 0 bridgehead atoms. The van der Waals surface area contributed by atoms with Gasteiger partial charge in [-0.15, -0.1) is 6.58 Å². The van der Waals surface area contributed by atoms with Crippen LogP contribution in [0.3, 0.4) is 0 Å². The van der Waals surface area contributed by atoms with E-state index in [4.69, 9.17) is 19.7 Å². The Hall–Kier alpha value is -3.91. The zero-order valence-corrected chi connectivity index (χ0v) is 14.4. The predicted octanol–water partition coefficient (Wildman–Crippen LogP) is 2.48. The van der Waals surface area contributed by atoms with Crippen LogP contribution in [0.15, 0.2) is 41.3 Å². The van der Waals surface area contributed by atoms with E-state index in [0.717, 1.165) is 0 Å². The average molecular weight is 364 g/mol. The highest BCUT2D eigenvalue weighted by Gasteiger charge is 2.23. The van der Waals surface area contributed by atoms with E-state index in [9.17, 15) is 9.59 Å². The number of amides is 1. The van der Waals surface area contributed by atoms with Crippen LogP contribution >= 0.6 is 0 Å². The number of esters is 1. The summed E-state index contributed by atoms with van der Waals surface area (Å²) in [5, 5.41) is 20.1. The number of nitrogens with zero attached hydrogens (tertiary/aromatic N) is 3. The molecule has 8 nitrogen and oxygen atoms in total. The maximum absolute atomic E-state index is 12.2. The molecule has 136 valence electrons. The topological polar surface area (TPSA) is 129 Å². The molecular formula is C19H16N4O4. The lowest BCUT2D eigenvalue weighted by atomic mass is 10.1. The number of oxazole rings is 1. The molecule has 0 spiro atoms. The second-order valence-electron chi connectivity index (χ2n) is 5.31. The van der Waals surface area contributed by atoms with Crippen molar-refractivity contribution in [1.82, 2.24) is 10.3 Å². The first-order valence-corrected chi connectivity index (χ1v) is 8.01. The van der Waals surface area contributed by atoms with Gasteiger partial charge in [0, 0.05) is 12.0 Å². The smallest absolute Gasteiger partial charge is 0.377 e. The fraction of sp³-hybridized carbons (Fsp3) is 0.211. The van der Waals surface area contributed by atoms with E-state index in [1.807, 2.05) is 6.07 Å². The van der Waals surface area contributed by atoms with Crippen LogP contribution in [0.25, 0.3) is 11.3 Å². The van der Waals surface area contributed by atoms with E-state index in [-0.39, 0.29) is 36.2 Å². The Balaban J connectivity index is 2.26. The summed E-state index contributed by atoms with van der Waals surface area (Å²) < 4.78 is 10.2. The number of ether oxygens (including phenoxy) is 1. The summed E-state index contributed by atoms with van der Waals surface area (Å²) in [4.78, 5) is 28.1. The number of allylic oxidation sites excluding steroid dienone is 1. The van der Waals surface area contributed by atoms with Crippen molar-refractivity contribution in [1.29, 1.82) is 10.5 Å². The van der Waals surface area contributed by atoms with E-state index in [0.29, 0.717) is 17.5 Å². The van der Waals surface area contributed by atoms with Crippen LogP contribution in [-0.2, 0) is 16.1 Å². The number of hydrogen-bond donors (Lipinski definition) is 1. The predicted molar refractivity (Wildman–Crippen MR) is 93.8 cm³/mol. The van der Waals surface area contributed by atoms with Crippen molar-refractivity contribution in [3.8, 4) is 23.4 Å². The van der Waals surface area contributed by atoms with Crippen molar-refractivity contribution < 1.29 is 18.7 Å². The number of nitrogens with one attached hydrogen (secondary N) is 1. The average Bonchev–Trinajstić information content (AvgIpc) is 3.13. The van der Waals surface area contributed by atoms with Gasteiger partial charge in [0.15, 0.2) is 6.61 Å². The van der Waals surface area contributed by atoms with Crippen molar-refractivity contribution in [2.75, 3.05) is 6.61 Å². The van der Waals surface area contributed by atoms with E-state index in [2.05, 4.69) is 16.9 Å². The van der Waals surface area contributed by atoms with Crippen molar-refractivity contribution in [3.63, 3.8) is 0 Å². The number of carbonyl (C=O) groups excluding carboxylic acids is 2. The van der Waals surface area contributed by atoms with Gasteiger partial charge in [0.05, 0.1) is 18.2 Å². The monoisotopic (exact) mass is 364 g/mol. The normalized spacial score (nSPS) is 9.70. The third-order valence-corrected chi connectivity index (χ3v) is 3.42. The summed E-state index contributed by atoms with van der Waals surface area (Å²) in [5.74, 6) is -1.11. The largest absolute Gasteiger partial charge is 0.444 e. The first kappa shape index (κ1) is 19.4. The maximum Gasteiger partial charge on any atom is 0.377 e. The van der Waals surface area contributed by atoms with Crippen LogP contribution in [-0.4, -0.2) is 23.5 Å². The first-order chi connectivity index (χ1) is 13.1. The highest BCUT2D eigenvalue weighted by Crippen LogP contribution is 2.25. The minimum absolute atomic E-state index is 0.00914. The zero-order chi connectivity index (χ0) is 19.6. The molecule has 0 unspecified atom stereocenters.